The fourth-order valence-corrected chi connectivity index (χ4v) is 1.25. The summed E-state index contributed by atoms with van der Waals surface area (Å²) in [6.07, 6.45) is 1.71. The summed E-state index contributed by atoms with van der Waals surface area (Å²) >= 11 is 1.04. The number of carbonyl (C=O) groups is 1. The number of rotatable bonds is 5. The standard InChI is InChI=1S/C7H10N2O3S/c1-2-3-5-8-7(12-9-5)13-4-6(10)11/h2-4H2,1H3,(H,10,11). The zero-order valence-corrected chi connectivity index (χ0v) is 8.00. The van der Waals surface area contributed by atoms with Gasteiger partial charge in [0, 0.05) is 6.42 Å². The molecule has 0 amide bonds. The van der Waals surface area contributed by atoms with Crippen LogP contribution in [0.1, 0.15) is 19.2 Å². The molecule has 1 aromatic heterocycles. The van der Waals surface area contributed by atoms with Crippen LogP contribution in [0.4, 0.5) is 0 Å². The van der Waals surface area contributed by atoms with Crippen molar-refractivity contribution in [3.8, 4) is 0 Å². The van der Waals surface area contributed by atoms with E-state index in [4.69, 9.17) is 9.63 Å². The molecule has 0 atom stereocenters. The fourth-order valence-electron chi connectivity index (χ4n) is 0.745. The summed E-state index contributed by atoms with van der Waals surface area (Å²) < 4.78 is 4.81. The van der Waals surface area contributed by atoms with E-state index in [0.29, 0.717) is 11.0 Å². The molecule has 0 saturated carbocycles. The molecule has 0 unspecified atom stereocenters. The largest absolute Gasteiger partial charge is 0.481 e. The minimum Gasteiger partial charge on any atom is -0.481 e. The average Bonchev–Trinajstić information content (AvgIpc) is 2.50. The maximum atomic E-state index is 10.2. The second-order valence-corrected chi connectivity index (χ2v) is 3.34. The van der Waals surface area contributed by atoms with Crippen molar-refractivity contribution in [3.05, 3.63) is 5.82 Å². The van der Waals surface area contributed by atoms with Crippen LogP contribution in [0.3, 0.4) is 0 Å². The summed E-state index contributed by atoms with van der Waals surface area (Å²) in [7, 11) is 0. The van der Waals surface area contributed by atoms with Crippen LogP contribution in [0, 0.1) is 0 Å². The lowest BCUT2D eigenvalue weighted by molar-refractivity contribution is -0.133. The van der Waals surface area contributed by atoms with Gasteiger partial charge in [-0.3, -0.25) is 4.79 Å². The number of nitrogens with zero attached hydrogens (tertiary/aromatic N) is 2. The van der Waals surface area contributed by atoms with E-state index in [2.05, 4.69) is 10.1 Å². The maximum absolute atomic E-state index is 10.2. The number of thioether (sulfide) groups is 1. The first-order chi connectivity index (χ1) is 6.22. The number of hydrogen-bond acceptors (Lipinski definition) is 5. The van der Waals surface area contributed by atoms with Crippen LogP contribution in [-0.2, 0) is 11.2 Å². The van der Waals surface area contributed by atoms with E-state index in [-0.39, 0.29) is 5.75 Å². The first kappa shape index (κ1) is 10.0. The zero-order chi connectivity index (χ0) is 9.68. The molecule has 6 heteroatoms. The summed E-state index contributed by atoms with van der Waals surface area (Å²) in [5.74, 6) is -0.302. The predicted octanol–water partition coefficient (Wildman–Crippen LogP) is 1.20. The Morgan fingerprint density at radius 2 is 2.46 bits per heavy atom. The Labute approximate surface area is 79.5 Å². The Kier molecular flexibility index (Phi) is 3.75. The van der Waals surface area contributed by atoms with Crippen LogP contribution in [-0.4, -0.2) is 27.0 Å². The van der Waals surface area contributed by atoms with Gasteiger partial charge in [0.1, 0.15) is 5.75 Å². The minimum atomic E-state index is -0.889. The lowest BCUT2D eigenvalue weighted by Crippen LogP contribution is -1.97. The third-order valence-electron chi connectivity index (χ3n) is 1.24. The normalized spacial score (nSPS) is 10.2. The molecule has 1 heterocycles. The van der Waals surface area contributed by atoms with Gasteiger partial charge in [0.25, 0.3) is 5.22 Å². The van der Waals surface area contributed by atoms with Gasteiger partial charge in [-0.25, -0.2) is 0 Å². The predicted molar refractivity (Wildman–Crippen MR) is 46.7 cm³/mol. The quantitative estimate of drug-likeness (QED) is 0.723. The highest BCUT2D eigenvalue weighted by molar-refractivity contribution is 7.99. The summed E-state index contributed by atoms with van der Waals surface area (Å²) in [6, 6.07) is 0. The molecule has 0 radical (unpaired) electrons. The van der Waals surface area contributed by atoms with Gasteiger partial charge < -0.3 is 9.63 Å². The van der Waals surface area contributed by atoms with Gasteiger partial charge in [-0.15, -0.1) is 0 Å². The summed E-state index contributed by atoms with van der Waals surface area (Å²) in [4.78, 5) is 14.2. The van der Waals surface area contributed by atoms with Crippen LogP contribution in [0.5, 0.6) is 0 Å². The van der Waals surface area contributed by atoms with Crippen molar-refractivity contribution in [2.45, 2.75) is 25.0 Å². The van der Waals surface area contributed by atoms with Gasteiger partial charge in [-0.2, -0.15) is 4.98 Å². The monoisotopic (exact) mass is 202 g/mol. The Morgan fingerprint density at radius 3 is 3.08 bits per heavy atom. The smallest absolute Gasteiger partial charge is 0.314 e. The number of aromatic nitrogens is 2. The summed E-state index contributed by atoms with van der Waals surface area (Å²) in [5, 5.41) is 12.4. The Morgan fingerprint density at radius 1 is 1.69 bits per heavy atom. The van der Waals surface area contributed by atoms with Crippen molar-refractivity contribution < 1.29 is 14.4 Å². The molecule has 1 rings (SSSR count). The molecule has 0 aromatic carbocycles. The van der Waals surface area contributed by atoms with E-state index < -0.39 is 5.97 Å². The molecule has 0 fully saturated rings. The second kappa shape index (κ2) is 4.86. The van der Waals surface area contributed by atoms with E-state index in [1.807, 2.05) is 6.92 Å². The molecule has 5 nitrogen and oxygen atoms in total. The van der Waals surface area contributed by atoms with Crippen molar-refractivity contribution in [1.29, 1.82) is 0 Å². The summed E-state index contributed by atoms with van der Waals surface area (Å²) in [5.41, 5.74) is 0. The van der Waals surface area contributed by atoms with Gasteiger partial charge in [0.05, 0.1) is 0 Å². The number of aryl methyl sites for hydroxylation is 1. The number of carboxylic acids is 1. The first-order valence-corrected chi connectivity index (χ1v) is 4.88. The van der Waals surface area contributed by atoms with E-state index in [1.165, 1.54) is 0 Å². The first-order valence-electron chi connectivity index (χ1n) is 3.89. The average molecular weight is 202 g/mol. The Balaban J connectivity index is 2.44. The van der Waals surface area contributed by atoms with Crippen LogP contribution in [0.2, 0.25) is 0 Å². The Bertz CT molecular complexity index is 287. The van der Waals surface area contributed by atoms with E-state index >= 15 is 0 Å². The highest BCUT2D eigenvalue weighted by Gasteiger charge is 2.07. The third kappa shape index (κ3) is 3.45. The molecule has 0 spiro atoms. The number of carboxylic acid groups (broad SMARTS) is 1. The molecule has 0 aliphatic carbocycles. The SMILES string of the molecule is CCCc1noc(SCC(=O)O)n1. The molecule has 0 saturated heterocycles. The Hall–Kier alpha value is -1.04. The van der Waals surface area contributed by atoms with E-state index in [9.17, 15) is 4.79 Å². The van der Waals surface area contributed by atoms with Crippen molar-refractivity contribution in [3.63, 3.8) is 0 Å². The third-order valence-corrected chi connectivity index (χ3v) is 2.05. The van der Waals surface area contributed by atoms with Crippen LogP contribution < -0.4 is 0 Å². The zero-order valence-electron chi connectivity index (χ0n) is 7.19. The van der Waals surface area contributed by atoms with Gasteiger partial charge >= 0.3 is 5.97 Å². The van der Waals surface area contributed by atoms with Gasteiger partial charge in [0.2, 0.25) is 0 Å². The lowest BCUT2D eigenvalue weighted by atomic mass is 10.3. The minimum absolute atomic E-state index is 0.0479. The molecule has 13 heavy (non-hydrogen) atoms. The topological polar surface area (TPSA) is 76.2 Å². The van der Waals surface area contributed by atoms with Crippen LogP contribution in [0.15, 0.2) is 9.75 Å². The highest BCUT2D eigenvalue weighted by atomic mass is 32.2. The molecule has 0 bridgehead atoms. The van der Waals surface area contributed by atoms with E-state index in [1.54, 1.807) is 0 Å². The van der Waals surface area contributed by atoms with Crippen molar-refractivity contribution >= 4 is 17.7 Å². The molecule has 0 aliphatic heterocycles. The lowest BCUT2D eigenvalue weighted by Gasteiger charge is -1.87. The van der Waals surface area contributed by atoms with Crippen molar-refractivity contribution in [1.82, 2.24) is 10.1 Å². The number of hydrogen-bond donors (Lipinski definition) is 1. The van der Waals surface area contributed by atoms with Gasteiger partial charge in [-0.05, 0) is 6.42 Å². The maximum Gasteiger partial charge on any atom is 0.314 e. The molecule has 1 N–H and O–H groups in total. The second-order valence-electron chi connectivity index (χ2n) is 2.41. The van der Waals surface area contributed by atoms with Gasteiger partial charge in [-0.1, -0.05) is 23.8 Å². The molecular weight excluding hydrogens is 192 g/mol. The molecular formula is C7H10N2O3S. The van der Waals surface area contributed by atoms with E-state index in [0.717, 1.165) is 24.6 Å². The van der Waals surface area contributed by atoms with Crippen molar-refractivity contribution in [2.24, 2.45) is 0 Å². The molecule has 1 aromatic rings. The highest BCUT2D eigenvalue weighted by Crippen LogP contribution is 2.14. The van der Waals surface area contributed by atoms with Crippen LogP contribution in [0.25, 0.3) is 0 Å². The molecule has 72 valence electrons. The fraction of sp³-hybridized carbons (Fsp3) is 0.571. The van der Waals surface area contributed by atoms with Crippen molar-refractivity contribution in [2.75, 3.05) is 5.75 Å². The molecule has 0 aliphatic rings. The van der Waals surface area contributed by atoms with Crippen LogP contribution >= 0.6 is 11.8 Å². The summed E-state index contributed by atoms with van der Waals surface area (Å²) in [6.45, 7) is 2.01. The number of aliphatic carboxylic acids is 1. The van der Waals surface area contributed by atoms with Gasteiger partial charge in [0.15, 0.2) is 5.82 Å².